The van der Waals surface area contributed by atoms with Gasteiger partial charge in [0.2, 0.25) is 5.91 Å². The van der Waals surface area contributed by atoms with E-state index in [9.17, 15) is 21.6 Å². The normalized spacial score (nSPS) is 13.2. The molecule has 4 N–H and O–H groups in total. The molecule has 0 saturated carbocycles. The minimum atomic E-state index is -3.67. The Hall–Kier alpha value is -0.710. The van der Waals surface area contributed by atoms with Gasteiger partial charge in [-0.3, -0.25) is 14.8 Å². The molecule has 10 heteroatoms. The number of amides is 1. The van der Waals surface area contributed by atoms with Crippen molar-refractivity contribution in [2.75, 3.05) is 18.3 Å². The maximum absolute atomic E-state index is 10.8. The fraction of sp³-hybridized carbons (Fsp3) is 0.875. The molecule has 0 radical (unpaired) electrons. The molecule has 0 rings (SSSR count). The van der Waals surface area contributed by atoms with E-state index in [1.54, 1.807) is 6.92 Å². The molecule has 1 unspecified atom stereocenters. The van der Waals surface area contributed by atoms with E-state index in [0.29, 0.717) is 12.7 Å². The summed E-state index contributed by atoms with van der Waals surface area (Å²) in [7, 11) is -6.61. The van der Waals surface area contributed by atoms with Gasteiger partial charge in [-0.25, -0.2) is 14.3 Å². The molecule has 0 saturated heterocycles. The van der Waals surface area contributed by atoms with Crippen LogP contribution in [0.1, 0.15) is 19.8 Å². The standard InChI is InChI=1S/C7H16N2O3S.CH4O3S/c1-6(5-13(2,11)12)3-4-7(10)9-8;1-5(2,3)4/h6H,3-5,8H2,1-2H3,(H,9,10);1H3,(H,2,3,4). The third-order valence-corrected chi connectivity index (χ3v) is 2.79. The van der Waals surface area contributed by atoms with Crippen molar-refractivity contribution < 1.29 is 26.2 Å². The molecule has 0 spiro atoms. The Morgan fingerprint density at radius 3 is 1.94 bits per heavy atom. The van der Waals surface area contributed by atoms with Crippen LogP contribution in [0, 0.1) is 5.92 Å². The smallest absolute Gasteiger partial charge is 0.261 e. The summed E-state index contributed by atoms with van der Waals surface area (Å²) >= 11 is 0. The van der Waals surface area contributed by atoms with E-state index in [2.05, 4.69) is 0 Å². The Morgan fingerprint density at radius 1 is 1.28 bits per heavy atom. The largest absolute Gasteiger partial charge is 0.294 e. The maximum atomic E-state index is 10.8. The van der Waals surface area contributed by atoms with Gasteiger partial charge in [0.25, 0.3) is 10.1 Å². The highest BCUT2D eigenvalue weighted by atomic mass is 32.2. The number of rotatable bonds is 5. The lowest BCUT2D eigenvalue weighted by atomic mass is 10.1. The van der Waals surface area contributed by atoms with Crippen LogP contribution < -0.4 is 11.3 Å². The maximum Gasteiger partial charge on any atom is 0.261 e. The molecular weight excluding hydrogens is 284 g/mol. The molecule has 0 heterocycles. The van der Waals surface area contributed by atoms with Gasteiger partial charge in [-0.05, 0) is 12.3 Å². The van der Waals surface area contributed by atoms with E-state index in [1.807, 2.05) is 5.43 Å². The molecule has 0 fully saturated rings. The number of hydrazine groups is 1. The van der Waals surface area contributed by atoms with Gasteiger partial charge in [-0.2, -0.15) is 8.42 Å². The van der Waals surface area contributed by atoms with E-state index < -0.39 is 20.0 Å². The van der Waals surface area contributed by atoms with E-state index in [-0.39, 0.29) is 24.0 Å². The highest BCUT2D eigenvalue weighted by Gasteiger charge is 2.11. The monoisotopic (exact) mass is 304 g/mol. The summed E-state index contributed by atoms with van der Waals surface area (Å²) in [6.45, 7) is 1.80. The van der Waals surface area contributed by atoms with Crippen LogP contribution in [-0.4, -0.2) is 45.6 Å². The molecule has 1 amide bonds. The number of nitrogens with two attached hydrogens (primary N) is 1. The molecule has 18 heavy (non-hydrogen) atoms. The topological polar surface area (TPSA) is 144 Å². The summed E-state index contributed by atoms with van der Waals surface area (Å²) in [5.41, 5.74) is 1.99. The molecule has 0 aromatic heterocycles. The zero-order chi connectivity index (χ0) is 15.0. The zero-order valence-corrected chi connectivity index (χ0v) is 12.2. The fourth-order valence-corrected chi connectivity index (χ4v) is 2.25. The second kappa shape index (κ2) is 8.40. The van der Waals surface area contributed by atoms with Crippen molar-refractivity contribution in [1.29, 1.82) is 0 Å². The first-order chi connectivity index (χ1) is 7.85. The van der Waals surface area contributed by atoms with Gasteiger partial charge < -0.3 is 0 Å². The van der Waals surface area contributed by atoms with Crippen molar-refractivity contribution in [3.8, 4) is 0 Å². The lowest BCUT2D eigenvalue weighted by molar-refractivity contribution is -0.121. The molecule has 1 atom stereocenters. The van der Waals surface area contributed by atoms with Crippen LogP contribution in [-0.2, 0) is 24.7 Å². The Labute approximate surface area is 108 Å². The molecule has 8 nitrogen and oxygen atoms in total. The van der Waals surface area contributed by atoms with Crippen LogP contribution in [0.5, 0.6) is 0 Å². The number of hydrogen-bond donors (Lipinski definition) is 3. The Kier molecular flexibility index (Phi) is 9.16. The number of nitrogens with one attached hydrogen (secondary N) is 1. The minimum Gasteiger partial charge on any atom is -0.294 e. The summed E-state index contributed by atoms with van der Waals surface area (Å²) in [6.07, 6.45) is 2.71. The van der Waals surface area contributed by atoms with Crippen molar-refractivity contribution in [3.05, 3.63) is 0 Å². The van der Waals surface area contributed by atoms with Crippen LogP contribution in [0.15, 0.2) is 0 Å². The fourth-order valence-electron chi connectivity index (χ4n) is 1.05. The highest BCUT2D eigenvalue weighted by molar-refractivity contribution is 7.90. The zero-order valence-electron chi connectivity index (χ0n) is 10.6. The Morgan fingerprint density at radius 2 is 1.67 bits per heavy atom. The van der Waals surface area contributed by atoms with E-state index in [4.69, 9.17) is 10.4 Å². The molecule has 110 valence electrons. The minimum absolute atomic E-state index is 0.00713. The predicted octanol–water partition coefficient (Wildman–Crippen LogP) is -1.06. The lowest BCUT2D eigenvalue weighted by Gasteiger charge is -2.08. The molecule has 0 aromatic rings. The quantitative estimate of drug-likeness (QED) is 0.254. The first kappa shape index (κ1) is 19.6. The van der Waals surface area contributed by atoms with Crippen LogP contribution in [0.3, 0.4) is 0 Å². The average molecular weight is 304 g/mol. The van der Waals surface area contributed by atoms with E-state index >= 15 is 0 Å². The lowest BCUT2D eigenvalue weighted by Crippen LogP contribution is -2.30. The SMILES string of the molecule is CC(CCC(=O)NN)CS(C)(=O)=O.CS(=O)(=O)O. The van der Waals surface area contributed by atoms with Crippen LogP contribution in [0.4, 0.5) is 0 Å². The van der Waals surface area contributed by atoms with Gasteiger partial charge in [0, 0.05) is 12.7 Å². The van der Waals surface area contributed by atoms with Crippen LogP contribution in [0.2, 0.25) is 0 Å². The van der Waals surface area contributed by atoms with Crippen LogP contribution >= 0.6 is 0 Å². The number of hydrogen-bond acceptors (Lipinski definition) is 6. The molecule has 0 aromatic carbocycles. The Balaban J connectivity index is 0. The molecule has 0 aliphatic carbocycles. The second-order valence-corrected chi connectivity index (χ2v) is 7.69. The van der Waals surface area contributed by atoms with Crippen molar-refractivity contribution in [2.45, 2.75) is 19.8 Å². The molecular formula is C8H20N2O6S2. The van der Waals surface area contributed by atoms with Crippen molar-refractivity contribution >= 4 is 25.9 Å². The second-order valence-electron chi connectivity index (χ2n) is 4.04. The third kappa shape index (κ3) is 24.5. The van der Waals surface area contributed by atoms with Crippen molar-refractivity contribution in [2.24, 2.45) is 11.8 Å². The summed E-state index contributed by atoms with van der Waals surface area (Å²) < 4.78 is 47.5. The van der Waals surface area contributed by atoms with Gasteiger partial charge in [0.1, 0.15) is 9.84 Å². The van der Waals surface area contributed by atoms with Gasteiger partial charge in [0.15, 0.2) is 0 Å². The van der Waals surface area contributed by atoms with Gasteiger partial charge in [-0.1, -0.05) is 6.92 Å². The number of sulfone groups is 1. The first-order valence-corrected chi connectivity index (χ1v) is 8.85. The van der Waals surface area contributed by atoms with Gasteiger partial charge in [-0.15, -0.1) is 0 Å². The molecule has 0 bridgehead atoms. The van der Waals surface area contributed by atoms with E-state index in [1.165, 1.54) is 6.26 Å². The van der Waals surface area contributed by atoms with Gasteiger partial charge in [0.05, 0.1) is 12.0 Å². The number of carbonyl (C=O) groups is 1. The summed E-state index contributed by atoms with van der Waals surface area (Å²) in [5.74, 6) is 4.71. The average Bonchev–Trinajstić information content (AvgIpc) is 2.08. The van der Waals surface area contributed by atoms with Crippen molar-refractivity contribution in [1.82, 2.24) is 5.43 Å². The van der Waals surface area contributed by atoms with E-state index in [0.717, 1.165) is 0 Å². The van der Waals surface area contributed by atoms with Crippen LogP contribution in [0.25, 0.3) is 0 Å². The number of carbonyl (C=O) groups excluding carboxylic acids is 1. The Bertz CT molecular complexity index is 434. The highest BCUT2D eigenvalue weighted by Crippen LogP contribution is 2.07. The summed E-state index contributed by atoms with van der Waals surface area (Å²) in [5, 5.41) is 0. The van der Waals surface area contributed by atoms with Crippen molar-refractivity contribution in [3.63, 3.8) is 0 Å². The molecule has 0 aliphatic rings. The summed E-state index contributed by atoms with van der Waals surface area (Å²) in [4.78, 5) is 10.7. The molecule has 0 aliphatic heterocycles. The first-order valence-electron chi connectivity index (χ1n) is 4.94. The predicted molar refractivity (Wildman–Crippen MR) is 67.9 cm³/mol. The summed E-state index contributed by atoms with van der Waals surface area (Å²) in [6, 6.07) is 0. The third-order valence-electron chi connectivity index (χ3n) is 1.61. The van der Waals surface area contributed by atoms with Gasteiger partial charge >= 0.3 is 0 Å².